The molecule has 230 valence electrons. The number of anilines is 2. The average Bonchev–Trinajstić information content (AvgIpc) is 3.56. The Morgan fingerprint density at radius 1 is 1.14 bits per heavy atom. The van der Waals surface area contributed by atoms with Crippen molar-refractivity contribution in [3.05, 3.63) is 49.6 Å². The molecule has 3 aliphatic rings. The summed E-state index contributed by atoms with van der Waals surface area (Å²) < 4.78 is 12.4. The van der Waals surface area contributed by atoms with Gasteiger partial charge >= 0.3 is 5.97 Å². The summed E-state index contributed by atoms with van der Waals surface area (Å²) >= 11 is 0. The molecule has 0 saturated carbocycles. The number of benzene rings is 1. The number of nitrogens with zero attached hydrogens (tertiary/aromatic N) is 3. The number of hydrogen-bond donors (Lipinski definition) is 1. The largest absolute Gasteiger partial charge is 0.465 e. The topological polar surface area (TPSA) is 99.6 Å². The number of hydrogen-bond acceptors (Lipinski definition) is 7. The number of allylic oxidation sites excluding steroid dienone is 1. The van der Waals surface area contributed by atoms with Crippen molar-refractivity contribution >= 4 is 29.2 Å². The summed E-state index contributed by atoms with van der Waals surface area (Å²) in [5, 5.41) is 10.3. The lowest BCUT2D eigenvalue weighted by Crippen LogP contribution is -2.59. The Labute approximate surface area is 250 Å². The number of amides is 2. The Bertz CT molecular complexity index is 1160. The van der Waals surface area contributed by atoms with Gasteiger partial charge in [-0.05, 0) is 77.1 Å². The molecule has 42 heavy (non-hydrogen) atoms. The first kappa shape index (κ1) is 31.8. The fraction of sp³-hybridized carbons (Fsp3) is 0.606. The van der Waals surface area contributed by atoms with Gasteiger partial charge in [0.05, 0.1) is 30.8 Å². The highest BCUT2D eigenvalue weighted by Gasteiger charge is 2.79. The van der Waals surface area contributed by atoms with Crippen molar-refractivity contribution in [1.29, 1.82) is 0 Å². The van der Waals surface area contributed by atoms with Crippen LogP contribution in [-0.4, -0.2) is 83.9 Å². The summed E-state index contributed by atoms with van der Waals surface area (Å²) in [4.78, 5) is 47.9. The molecule has 3 saturated heterocycles. The second kappa shape index (κ2) is 13.0. The summed E-state index contributed by atoms with van der Waals surface area (Å²) in [6.45, 7) is 17.4. The molecule has 2 unspecified atom stereocenters. The standard InChI is InChI=1S/C33H47N3O6/c1-7-12-13-21-41-31(40)27-26-29(38)36(23(9-3)22-37)28(33(26)19-18-32(27,6)42-33)30(39)35(20-8-2)25-16-14-24(15-17-25)34(10-4)11-5/h7-8,14-17,23,26-28,37H,1-2,9-13,18-22H2,3-6H3/t23-,26-,27+,28?,32-,33?/m0/s1. The molecule has 0 aliphatic carbocycles. The zero-order valence-electron chi connectivity index (χ0n) is 25.6. The summed E-state index contributed by atoms with van der Waals surface area (Å²) in [6.07, 6.45) is 6.21. The van der Waals surface area contributed by atoms with E-state index in [9.17, 15) is 19.5 Å². The maximum absolute atomic E-state index is 14.7. The lowest BCUT2D eigenvalue weighted by atomic mass is 9.66. The molecule has 1 aromatic carbocycles. The lowest BCUT2D eigenvalue weighted by molar-refractivity contribution is -0.160. The van der Waals surface area contributed by atoms with E-state index in [0.29, 0.717) is 37.8 Å². The zero-order chi connectivity index (χ0) is 30.7. The number of esters is 1. The van der Waals surface area contributed by atoms with Crippen LogP contribution in [0.25, 0.3) is 0 Å². The lowest BCUT2D eigenvalue weighted by Gasteiger charge is -2.39. The van der Waals surface area contributed by atoms with Gasteiger partial charge in [0.25, 0.3) is 5.91 Å². The minimum atomic E-state index is -1.20. The van der Waals surface area contributed by atoms with E-state index in [2.05, 4.69) is 31.9 Å². The smallest absolute Gasteiger partial charge is 0.312 e. The van der Waals surface area contributed by atoms with Gasteiger partial charge in [-0.15, -0.1) is 13.2 Å². The molecule has 1 aromatic rings. The maximum Gasteiger partial charge on any atom is 0.312 e. The first-order valence-electron chi connectivity index (χ1n) is 15.4. The molecule has 1 N–H and O–H groups in total. The molecule has 2 amide bonds. The van der Waals surface area contributed by atoms with Crippen LogP contribution in [-0.2, 0) is 23.9 Å². The predicted octanol–water partition coefficient (Wildman–Crippen LogP) is 4.10. The van der Waals surface area contributed by atoms with E-state index in [1.54, 1.807) is 17.1 Å². The Balaban J connectivity index is 1.74. The Kier molecular flexibility index (Phi) is 9.83. The van der Waals surface area contributed by atoms with Crippen LogP contribution >= 0.6 is 0 Å². The normalized spacial score (nSPS) is 28.4. The predicted molar refractivity (Wildman–Crippen MR) is 163 cm³/mol. The fourth-order valence-corrected chi connectivity index (χ4v) is 7.33. The summed E-state index contributed by atoms with van der Waals surface area (Å²) in [7, 11) is 0. The Hall–Kier alpha value is -3.17. The highest BCUT2D eigenvalue weighted by Crippen LogP contribution is 2.63. The van der Waals surface area contributed by atoms with Crippen LogP contribution in [0.5, 0.6) is 0 Å². The molecule has 9 nitrogen and oxygen atoms in total. The zero-order valence-corrected chi connectivity index (χ0v) is 25.6. The monoisotopic (exact) mass is 581 g/mol. The third-order valence-corrected chi connectivity index (χ3v) is 9.44. The number of fused-ring (bicyclic) bond motifs is 1. The number of aliphatic hydroxyl groups excluding tert-OH is 1. The van der Waals surface area contributed by atoms with Crippen molar-refractivity contribution in [2.75, 3.05) is 42.6 Å². The van der Waals surface area contributed by atoms with Gasteiger partial charge < -0.3 is 29.3 Å². The molecule has 3 fully saturated rings. The summed E-state index contributed by atoms with van der Waals surface area (Å²) in [6, 6.07) is 6.20. The van der Waals surface area contributed by atoms with Crippen molar-refractivity contribution in [2.45, 2.75) is 83.1 Å². The third kappa shape index (κ3) is 5.26. The average molecular weight is 582 g/mol. The number of carbonyl (C=O) groups excluding carboxylic acids is 3. The van der Waals surface area contributed by atoms with E-state index in [1.807, 2.05) is 38.1 Å². The first-order valence-corrected chi connectivity index (χ1v) is 15.4. The Morgan fingerprint density at radius 2 is 1.81 bits per heavy atom. The minimum absolute atomic E-state index is 0.224. The van der Waals surface area contributed by atoms with Crippen molar-refractivity contribution in [3.63, 3.8) is 0 Å². The van der Waals surface area contributed by atoms with Crippen LogP contribution in [0.4, 0.5) is 11.4 Å². The molecule has 9 heteroatoms. The molecular weight excluding hydrogens is 534 g/mol. The molecule has 0 aromatic heterocycles. The number of carbonyl (C=O) groups is 3. The number of unbranched alkanes of at least 4 members (excludes halogenated alkanes) is 1. The third-order valence-electron chi connectivity index (χ3n) is 9.44. The SMILES string of the molecule is C=CCCCOC(=O)[C@H]1[C@H]2C(=O)N([C@@H](CC)CO)C(C(=O)N(CC=C)c3ccc(N(CC)CC)cc3)C23CC[C@]1(C)O3. The molecule has 0 radical (unpaired) electrons. The quantitative estimate of drug-likeness (QED) is 0.189. The maximum atomic E-state index is 14.7. The minimum Gasteiger partial charge on any atom is -0.465 e. The van der Waals surface area contributed by atoms with Crippen LogP contribution in [0, 0.1) is 11.8 Å². The van der Waals surface area contributed by atoms with Gasteiger partial charge in [-0.1, -0.05) is 19.1 Å². The van der Waals surface area contributed by atoms with E-state index in [0.717, 1.165) is 18.8 Å². The summed E-state index contributed by atoms with van der Waals surface area (Å²) in [5.74, 6) is -2.81. The number of aliphatic hydroxyl groups is 1. The number of ether oxygens (including phenoxy) is 2. The highest BCUT2D eigenvalue weighted by molar-refractivity contribution is 6.05. The van der Waals surface area contributed by atoms with Crippen molar-refractivity contribution in [1.82, 2.24) is 4.90 Å². The van der Waals surface area contributed by atoms with Gasteiger partial charge in [-0.2, -0.15) is 0 Å². The second-order valence-electron chi connectivity index (χ2n) is 11.7. The van der Waals surface area contributed by atoms with E-state index in [1.165, 1.54) is 4.90 Å². The molecule has 6 atom stereocenters. The van der Waals surface area contributed by atoms with E-state index >= 15 is 0 Å². The van der Waals surface area contributed by atoms with Gasteiger partial charge in [0.2, 0.25) is 5.91 Å². The fourth-order valence-electron chi connectivity index (χ4n) is 7.33. The van der Waals surface area contributed by atoms with Gasteiger partial charge in [0.1, 0.15) is 17.6 Å². The molecule has 2 bridgehead atoms. The summed E-state index contributed by atoms with van der Waals surface area (Å²) in [5.41, 5.74) is -0.387. The Morgan fingerprint density at radius 3 is 2.38 bits per heavy atom. The van der Waals surface area contributed by atoms with Crippen LogP contribution in [0.2, 0.25) is 0 Å². The van der Waals surface area contributed by atoms with Crippen molar-refractivity contribution in [3.8, 4) is 0 Å². The first-order chi connectivity index (χ1) is 20.2. The highest BCUT2D eigenvalue weighted by atomic mass is 16.6. The second-order valence-corrected chi connectivity index (χ2v) is 11.7. The van der Waals surface area contributed by atoms with Crippen molar-refractivity contribution in [2.24, 2.45) is 11.8 Å². The molecule has 3 heterocycles. The van der Waals surface area contributed by atoms with Crippen LogP contribution in [0.3, 0.4) is 0 Å². The van der Waals surface area contributed by atoms with E-state index < -0.39 is 41.1 Å². The van der Waals surface area contributed by atoms with Crippen molar-refractivity contribution < 1.29 is 29.0 Å². The van der Waals surface area contributed by atoms with Gasteiger partial charge in [0, 0.05) is 31.0 Å². The molecule has 1 spiro atoms. The van der Waals surface area contributed by atoms with E-state index in [4.69, 9.17) is 9.47 Å². The van der Waals surface area contributed by atoms with Gasteiger partial charge in [-0.3, -0.25) is 14.4 Å². The van der Waals surface area contributed by atoms with E-state index in [-0.39, 0.29) is 31.6 Å². The van der Waals surface area contributed by atoms with Crippen LogP contribution < -0.4 is 9.80 Å². The number of likely N-dealkylation sites (tertiary alicyclic amines) is 1. The van der Waals surface area contributed by atoms with Crippen LogP contribution in [0.1, 0.15) is 59.8 Å². The molecular formula is C33H47N3O6. The van der Waals surface area contributed by atoms with Crippen LogP contribution in [0.15, 0.2) is 49.6 Å². The molecule has 3 aliphatic heterocycles. The van der Waals surface area contributed by atoms with Gasteiger partial charge in [-0.25, -0.2) is 0 Å². The van der Waals surface area contributed by atoms with Gasteiger partial charge in [0.15, 0.2) is 0 Å². The number of rotatable bonds is 15. The molecule has 4 rings (SSSR count).